The number of rotatable bonds is 8. The fraction of sp³-hybridized carbons (Fsp3) is 0.389. The molecule has 0 saturated carbocycles. The second kappa shape index (κ2) is 8.15. The van der Waals surface area contributed by atoms with Crippen LogP contribution >= 0.6 is 11.8 Å². The highest BCUT2D eigenvalue weighted by atomic mass is 32.2. The van der Waals surface area contributed by atoms with Gasteiger partial charge in [-0.2, -0.15) is 22.0 Å². The Kier molecular flexibility index (Phi) is 5.69. The maximum absolute atomic E-state index is 4.76. The molecule has 0 aliphatic rings. The summed E-state index contributed by atoms with van der Waals surface area (Å²) in [5, 5.41) is 9.17. The van der Waals surface area contributed by atoms with Crippen LogP contribution in [0.2, 0.25) is 0 Å². The molecule has 0 amide bonds. The zero-order valence-electron chi connectivity index (χ0n) is 14.2. The lowest BCUT2D eigenvalue weighted by Gasteiger charge is -2.06. The van der Waals surface area contributed by atoms with Crippen molar-refractivity contribution in [3.63, 3.8) is 0 Å². The lowest BCUT2D eigenvalue weighted by molar-refractivity contribution is 0.560. The molecule has 3 rings (SSSR count). The molecule has 0 bridgehead atoms. The third-order valence-corrected chi connectivity index (χ3v) is 4.45. The van der Waals surface area contributed by atoms with E-state index in [2.05, 4.69) is 35.6 Å². The molecule has 24 heavy (non-hydrogen) atoms. The first-order valence-corrected chi connectivity index (χ1v) is 9.59. The predicted octanol–water partition coefficient (Wildman–Crippen LogP) is 2.98. The molecule has 0 N–H and O–H groups in total. The van der Waals surface area contributed by atoms with Crippen molar-refractivity contribution in [3.8, 4) is 0 Å². The molecule has 0 aliphatic heterocycles. The number of hydrogen-bond donors (Lipinski definition) is 0. The lowest BCUT2D eigenvalue weighted by Crippen LogP contribution is -2.10. The third-order valence-electron chi connectivity index (χ3n) is 3.84. The van der Waals surface area contributed by atoms with Gasteiger partial charge in [0.05, 0.1) is 12.2 Å². The molecule has 0 aliphatic carbocycles. The number of aromatic nitrogens is 5. The lowest BCUT2D eigenvalue weighted by atomic mass is 10.2. The fourth-order valence-corrected chi connectivity index (χ4v) is 2.98. The van der Waals surface area contributed by atoms with Gasteiger partial charge in [0, 0.05) is 31.3 Å². The van der Waals surface area contributed by atoms with Crippen molar-refractivity contribution in [1.82, 2.24) is 24.5 Å². The first-order chi connectivity index (χ1) is 11.7. The maximum Gasteiger partial charge on any atom is 0.151 e. The Morgan fingerprint density at radius 1 is 1.04 bits per heavy atom. The zero-order valence-corrected chi connectivity index (χ0v) is 15.0. The van der Waals surface area contributed by atoms with Gasteiger partial charge in [0.25, 0.3) is 0 Å². The molecule has 6 heteroatoms. The van der Waals surface area contributed by atoms with Gasteiger partial charge in [-0.3, -0.25) is 4.68 Å². The zero-order chi connectivity index (χ0) is 16.8. The molecule has 0 atom stereocenters. The second-order valence-electron chi connectivity index (χ2n) is 5.80. The molecule has 0 radical (unpaired) electrons. The maximum atomic E-state index is 4.76. The highest BCUT2D eigenvalue weighted by Gasteiger charge is 2.11. The van der Waals surface area contributed by atoms with Gasteiger partial charge in [0.15, 0.2) is 5.82 Å². The standard InChI is InChI=1S/C18H23N5S/c1-15-8-11-22(20-15)12-9-18-19-17(10-13-24-2)21-23(18)14-16-6-4-3-5-7-16/h3-8,11H,9-10,12-14H2,1-2H3. The Bertz CT molecular complexity index is 763. The van der Waals surface area contributed by atoms with Gasteiger partial charge < -0.3 is 0 Å². The first-order valence-electron chi connectivity index (χ1n) is 8.20. The molecular formula is C18H23N5S. The minimum atomic E-state index is 0.764. The normalized spacial score (nSPS) is 11.1. The van der Waals surface area contributed by atoms with Gasteiger partial charge >= 0.3 is 0 Å². The van der Waals surface area contributed by atoms with Crippen LogP contribution < -0.4 is 0 Å². The first kappa shape index (κ1) is 16.8. The monoisotopic (exact) mass is 341 g/mol. The van der Waals surface area contributed by atoms with Crippen molar-refractivity contribution in [2.45, 2.75) is 32.9 Å². The Morgan fingerprint density at radius 2 is 1.88 bits per heavy atom. The van der Waals surface area contributed by atoms with Gasteiger partial charge in [0.1, 0.15) is 5.82 Å². The van der Waals surface area contributed by atoms with Crippen LogP contribution in [0.4, 0.5) is 0 Å². The number of hydrogen-bond acceptors (Lipinski definition) is 4. The highest BCUT2D eigenvalue weighted by molar-refractivity contribution is 7.98. The van der Waals surface area contributed by atoms with Crippen LogP contribution in [0.5, 0.6) is 0 Å². The van der Waals surface area contributed by atoms with E-state index in [1.54, 1.807) is 0 Å². The van der Waals surface area contributed by atoms with Crippen molar-refractivity contribution in [2.24, 2.45) is 0 Å². The van der Waals surface area contributed by atoms with Crippen LogP contribution in [0.1, 0.15) is 22.9 Å². The third kappa shape index (κ3) is 4.47. The molecule has 2 aromatic heterocycles. The van der Waals surface area contributed by atoms with E-state index in [0.717, 1.165) is 49.0 Å². The molecule has 126 valence electrons. The topological polar surface area (TPSA) is 48.5 Å². The Hall–Kier alpha value is -2.08. The second-order valence-corrected chi connectivity index (χ2v) is 6.79. The van der Waals surface area contributed by atoms with Gasteiger partial charge in [-0.05, 0) is 24.8 Å². The quantitative estimate of drug-likeness (QED) is 0.632. The van der Waals surface area contributed by atoms with Crippen LogP contribution in [-0.2, 0) is 25.9 Å². The summed E-state index contributed by atoms with van der Waals surface area (Å²) >= 11 is 1.83. The molecule has 0 saturated heterocycles. The number of benzene rings is 1. The van der Waals surface area contributed by atoms with E-state index in [-0.39, 0.29) is 0 Å². The average molecular weight is 341 g/mol. The summed E-state index contributed by atoms with van der Waals surface area (Å²) < 4.78 is 4.01. The van der Waals surface area contributed by atoms with Crippen LogP contribution in [0.15, 0.2) is 42.6 Å². The Morgan fingerprint density at radius 3 is 2.58 bits per heavy atom. The summed E-state index contributed by atoms with van der Waals surface area (Å²) in [6.07, 6.45) is 5.88. The Balaban J connectivity index is 1.75. The molecular weight excluding hydrogens is 318 g/mol. The molecule has 0 unspecified atom stereocenters. The molecule has 1 aromatic carbocycles. The van der Waals surface area contributed by atoms with Crippen molar-refractivity contribution < 1.29 is 0 Å². The van der Waals surface area contributed by atoms with E-state index in [1.807, 2.05) is 46.4 Å². The van der Waals surface area contributed by atoms with Gasteiger partial charge in [0.2, 0.25) is 0 Å². The van der Waals surface area contributed by atoms with Crippen LogP contribution in [0, 0.1) is 6.92 Å². The van der Waals surface area contributed by atoms with E-state index in [0.29, 0.717) is 0 Å². The van der Waals surface area contributed by atoms with Gasteiger partial charge in [-0.1, -0.05) is 30.3 Å². The van der Waals surface area contributed by atoms with Crippen molar-refractivity contribution in [3.05, 3.63) is 65.5 Å². The molecule has 0 spiro atoms. The number of nitrogens with zero attached hydrogens (tertiary/aromatic N) is 5. The van der Waals surface area contributed by atoms with Gasteiger partial charge in [-0.15, -0.1) is 0 Å². The molecule has 0 fully saturated rings. The van der Waals surface area contributed by atoms with E-state index in [9.17, 15) is 0 Å². The minimum Gasteiger partial charge on any atom is -0.272 e. The summed E-state index contributed by atoms with van der Waals surface area (Å²) in [4.78, 5) is 4.76. The predicted molar refractivity (Wildman–Crippen MR) is 98.3 cm³/mol. The highest BCUT2D eigenvalue weighted by Crippen LogP contribution is 2.09. The summed E-state index contributed by atoms with van der Waals surface area (Å²) in [7, 11) is 0. The summed E-state index contributed by atoms with van der Waals surface area (Å²) in [6.45, 7) is 3.60. The van der Waals surface area contributed by atoms with Crippen molar-refractivity contribution in [2.75, 3.05) is 12.0 Å². The van der Waals surface area contributed by atoms with Crippen LogP contribution in [0.25, 0.3) is 0 Å². The van der Waals surface area contributed by atoms with E-state index < -0.39 is 0 Å². The summed E-state index contributed by atoms with van der Waals surface area (Å²) in [6, 6.07) is 12.4. The molecule has 3 aromatic rings. The summed E-state index contributed by atoms with van der Waals surface area (Å²) in [5.41, 5.74) is 2.29. The smallest absolute Gasteiger partial charge is 0.151 e. The van der Waals surface area contributed by atoms with Crippen molar-refractivity contribution in [1.29, 1.82) is 0 Å². The van der Waals surface area contributed by atoms with E-state index in [4.69, 9.17) is 10.1 Å². The van der Waals surface area contributed by atoms with E-state index >= 15 is 0 Å². The van der Waals surface area contributed by atoms with Crippen LogP contribution in [-0.4, -0.2) is 36.6 Å². The largest absolute Gasteiger partial charge is 0.272 e. The van der Waals surface area contributed by atoms with Crippen molar-refractivity contribution >= 4 is 11.8 Å². The molecule has 2 heterocycles. The number of aryl methyl sites for hydroxylation is 4. The number of thioether (sulfide) groups is 1. The Labute approximate surface area is 147 Å². The fourth-order valence-electron chi connectivity index (χ4n) is 2.60. The van der Waals surface area contributed by atoms with E-state index in [1.165, 1.54) is 5.56 Å². The average Bonchev–Trinajstić information content (AvgIpc) is 3.18. The summed E-state index contributed by atoms with van der Waals surface area (Å²) in [5.74, 6) is 3.02. The van der Waals surface area contributed by atoms with Crippen LogP contribution in [0.3, 0.4) is 0 Å². The minimum absolute atomic E-state index is 0.764. The molecule has 5 nitrogen and oxygen atoms in total. The SMILES string of the molecule is CSCCc1nc(CCn2ccc(C)n2)n(Cc2ccccc2)n1. The van der Waals surface area contributed by atoms with Gasteiger partial charge in [-0.25, -0.2) is 9.67 Å².